The summed E-state index contributed by atoms with van der Waals surface area (Å²) in [5.41, 5.74) is 2.28. The van der Waals surface area contributed by atoms with Crippen molar-refractivity contribution in [2.45, 2.75) is 6.42 Å². The van der Waals surface area contributed by atoms with Crippen molar-refractivity contribution in [3.8, 4) is 5.69 Å². The molecule has 0 radical (unpaired) electrons. The van der Waals surface area contributed by atoms with E-state index in [-0.39, 0.29) is 0 Å². The van der Waals surface area contributed by atoms with Crippen molar-refractivity contribution in [3.63, 3.8) is 0 Å². The van der Waals surface area contributed by atoms with E-state index in [4.69, 9.17) is 12.2 Å². The minimum Gasteiger partial charge on any atom is -0.272 e. The average Bonchev–Trinajstić information content (AvgIpc) is 2.97. The van der Waals surface area contributed by atoms with Gasteiger partial charge in [-0.1, -0.05) is 42.5 Å². The molecule has 0 amide bonds. The third kappa shape index (κ3) is 2.89. The van der Waals surface area contributed by atoms with E-state index in [1.807, 2.05) is 4.57 Å². The SMILES string of the molecule is S=c1[nH]nc(Cc2cccc3ccccc23)n1-c1ccc(I)cc1. The largest absolute Gasteiger partial charge is 0.272 e. The summed E-state index contributed by atoms with van der Waals surface area (Å²) < 4.78 is 3.82. The molecule has 0 saturated carbocycles. The number of rotatable bonds is 3. The standard InChI is InChI=1S/C19H14IN3S/c20-15-8-10-16(11-9-15)23-18(21-22-19(23)24)12-14-6-3-5-13-4-1-2-7-17(13)14/h1-11H,12H2,(H,22,24). The molecule has 0 aliphatic rings. The second-order valence-corrected chi connectivity index (χ2v) is 7.20. The molecule has 4 rings (SSSR count). The van der Waals surface area contributed by atoms with Crippen LogP contribution in [0.3, 0.4) is 0 Å². The Hall–Kier alpha value is -1.99. The second kappa shape index (κ2) is 6.49. The normalized spacial score (nSPS) is 11.0. The quantitative estimate of drug-likeness (QED) is 0.346. The van der Waals surface area contributed by atoms with E-state index in [0.717, 1.165) is 17.9 Å². The fourth-order valence-corrected chi connectivity index (χ4v) is 3.54. The Morgan fingerprint density at radius 1 is 0.958 bits per heavy atom. The first-order valence-corrected chi connectivity index (χ1v) is 9.10. The fourth-order valence-electron chi connectivity index (χ4n) is 2.92. The predicted octanol–water partition coefficient (Wildman–Crippen LogP) is 5.28. The van der Waals surface area contributed by atoms with Crippen molar-refractivity contribution in [2.75, 3.05) is 0 Å². The zero-order chi connectivity index (χ0) is 16.5. The number of fused-ring (bicyclic) bond motifs is 1. The number of aromatic amines is 1. The number of halogens is 1. The van der Waals surface area contributed by atoms with Gasteiger partial charge in [0.1, 0.15) is 5.82 Å². The molecule has 1 N–H and O–H groups in total. The van der Waals surface area contributed by atoms with Gasteiger partial charge >= 0.3 is 0 Å². The summed E-state index contributed by atoms with van der Waals surface area (Å²) in [5.74, 6) is 0.914. The number of H-pyrrole nitrogens is 1. The van der Waals surface area contributed by atoms with Crippen LogP contribution in [0.25, 0.3) is 16.5 Å². The van der Waals surface area contributed by atoms with Crippen LogP contribution in [0.15, 0.2) is 66.7 Å². The number of nitrogens with zero attached hydrogens (tertiary/aromatic N) is 2. The van der Waals surface area contributed by atoms with Gasteiger partial charge in [0.15, 0.2) is 4.77 Å². The Morgan fingerprint density at radius 3 is 2.54 bits per heavy atom. The zero-order valence-electron chi connectivity index (χ0n) is 12.7. The van der Waals surface area contributed by atoms with E-state index in [1.54, 1.807) is 0 Å². The van der Waals surface area contributed by atoms with E-state index < -0.39 is 0 Å². The molecule has 3 nitrogen and oxygen atoms in total. The molecule has 3 aromatic carbocycles. The topological polar surface area (TPSA) is 33.6 Å². The van der Waals surface area contributed by atoms with Crippen molar-refractivity contribution in [1.29, 1.82) is 0 Å². The lowest BCUT2D eigenvalue weighted by molar-refractivity contribution is 0.905. The van der Waals surface area contributed by atoms with Crippen LogP contribution in [-0.4, -0.2) is 14.8 Å². The van der Waals surface area contributed by atoms with E-state index in [2.05, 4.69) is 99.5 Å². The van der Waals surface area contributed by atoms with Gasteiger partial charge in [0, 0.05) is 15.7 Å². The molecule has 0 atom stereocenters. The highest BCUT2D eigenvalue weighted by Gasteiger charge is 2.11. The monoisotopic (exact) mass is 443 g/mol. The van der Waals surface area contributed by atoms with Gasteiger partial charge in [-0.25, -0.2) is 0 Å². The second-order valence-electron chi connectivity index (χ2n) is 5.57. The van der Waals surface area contributed by atoms with Gasteiger partial charge in [0.25, 0.3) is 0 Å². The van der Waals surface area contributed by atoms with Crippen LogP contribution in [0.2, 0.25) is 0 Å². The molecule has 0 bridgehead atoms. The van der Waals surface area contributed by atoms with Gasteiger partial charge in [-0.15, -0.1) is 0 Å². The van der Waals surface area contributed by atoms with Crippen LogP contribution < -0.4 is 0 Å². The van der Waals surface area contributed by atoms with Gasteiger partial charge in [0.2, 0.25) is 0 Å². The highest BCUT2D eigenvalue weighted by atomic mass is 127. The van der Waals surface area contributed by atoms with E-state index in [0.29, 0.717) is 4.77 Å². The van der Waals surface area contributed by atoms with Crippen LogP contribution in [0.4, 0.5) is 0 Å². The summed E-state index contributed by atoms with van der Waals surface area (Å²) in [6.07, 6.45) is 0.723. The van der Waals surface area contributed by atoms with Crippen molar-refractivity contribution < 1.29 is 0 Å². The Balaban J connectivity index is 1.81. The van der Waals surface area contributed by atoms with Gasteiger partial charge in [-0.05, 0) is 75.4 Å². The van der Waals surface area contributed by atoms with Gasteiger partial charge in [-0.3, -0.25) is 9.67 Å². The van der Waals surface area contributed by atoms with E-state index in [1.165, 1.54) is 19.9 Å². The summed E-state index contributed by atoms with van der Waals surface area (Å²) in [4.78, 5) is 0. The molecule has 1 aromatic heterocycles. The third-order valence-electron chi connectivity index (χ3n) is 4.06. The molecule has 0 fully saturated rings. The number of aromatic nitrogens is 3. The van der Waals surface area contributed by atoms with Crippen LogP contribution >= 0.6 is 34.8 Å². The number of benzene rings is 3. The summed E-state index contributed by atoms with van der Waals surface area (Å²) in [5, 5.41) is 9.89. The summed E-state index contributed by atoms with van der Waals surface area (Å²) in [6, 6.07) is 23.1. The molecule has 0 unspecified atom stereocenters. The van der Waals surface area contributed by atoms with Crippen LogP contribution in [0.1, 0.15) is 11.4 Å². The van der Waals surface area contributed by atoms with Gasteiger partial charge in [0.05, 0.1) is 0 Å². The van der Waals surface area contributed by atoms with Crippen molar-refractivity contribution in [1.82, 2.24) is 14.8 Å². The van der Waals surface area contributed by atoms with Crippen molar-refractivity contribution in [3.05, 3.63) is 86.5 Å². The lowest BCUT2D eigenvalue weighted by Gasteiger charge is -2.09. The predicted molar refractivity (Wildman–Crippen MR) is 108 cm³/mol. The Kier molecular flexibility index (Phi) is 4.20. The maximum Gasteiger partial charge on any atom is 0.199 e. The summed E-state index contributed by atoms with van der Waals surface area (Å²) in [7, 11) is 0. The molecular weight excluding hydrogens is 429 g/mol. The molecule has 5 heteroatoms. The van der Waals surface area contributed by atoms with Crippen LogP contribution in [0, 0.1) is 8.34 Å². The number of hydrogen-bond donors (Lipinski definition) is 1. The Morgan fingerprint density at radius 2 is 1.71 bits per heavy atom. The van der Waals surface area contributed by atoms with Crippen LogP contribution in [-0.2, 0) is 6.42 Å². The molecule has 4 aromatic rings. The molecule has 24 heavy (non-hydrogen) atoms. The zero-order valence-corrected chi connectivity index (χ0v) is 15.7. The van der Waals surface area contributed by atoms with Gasteiger partial charge < -0.3 is 0 Å². The Bertz CT molecular complexity index is 1060. The lowest BCUT2D eigenvalue weighted by Crippen LogP contribution is -2.03. The van der Waals surface area contributed by atoms with Gasteiger partial charge in [-0.2, -0.15) is 5.10 Å². The molecule has 0 spiro atoms. The molecule has 0 aliphatic carbocycles. The smallest absolute Gasteiger partial charge is 0.199 e. The summed E-state index contributed by atoms with van der Waals surface area (Å²) in [6.45, 7) is 0. The first-order chi connectivity index (χ1) is 11.7. The first-order valence-electron chi connectivity index (χ1n) is 7.61. The highest BCUT2D eigenvalue weighted by molar-refractivity contribution is 14.1. The summed E-state index contributed by atoms with van der Waals surface area (Å²) >= 11 is 7.74. The van der Waals surface area contributed by atoms with E-state index >= 15 is 0 Å². The minimum absolute atomic E-state index is 0.617. The van der Waals surface area contributed by atoms with Crippen molar-refractivity contribution >= 4 is 45.6 Å². The number of nitrogens with one attached hydrogen (secondary N) is 1. The average molecular weight is 443 g/mol. The molecule has 118 valence electrons. The third-order valence-corrected chi connectivity index (χ3v) is 5.05. The molecule has 1 heterocycles. The lowest BCUT2D eigenvalue weighted by atomic mass is 10.0. The maximum atomic E-state index is 5.44. The molecule has 0 aliphatic heterocycles. The van der Waals surface area contributed by atoms with E-state index in [9.17, 15) is 0 Å². The minimum atomic E-state index is 0.617. The van der Waals surface area contributed by atoms with Crippen molar-refractivity contribution in [2.24, 2.45) is 0 Å². The first kappa shape index (κ1) is 15.5. The Labute approximate surface area is 158 Å². The fraction of sp³-hybridized carbons (Fsp3) is 0.0526. The highest BCUT2D eigenvalue weighted by Crippen LogP contribution is 2.22. The molecule has 0 saturated heterocycles. The number of hydrogen-bond acceptors (Lipinski definition) is 2. The molecular formula is C19H14IN3S. The maximum absolute atomic E-state index is 5.44. The van der Waals surface area contributed by atoms with Crippen LogP contribution in [0.5, 0.6) is 0 Å².